The highest BCUT2D eigenvalue weighted by atomic mass is 19.1. The molecule has 1 unspecified atom stereocenters. The Balaban J connectivity index is 1.86. The summed E-state index contributed by atoms with van der Waals surface area (Å²) in [5.74, 6) is -0.829. The molecule has 1 atom stereocenters. The largest absolute Gasteiger partial charge is 0.492 e. The third kappa shape index (κ3) is 4.05. The Morgan fingerprint density at radius 3 is 3.10 bits per heavy atom. The number of methoxy groups -OCH3 is 1. The lowest BCUT2D eigenvalue weighted by molar-refractivity contribution is -0.135. The van der Waals surface area contributed by atoms with E-state index < -0.39 is 5.97 Å². The zero-order valence-corrected chi connectivity index (χ0v) is 11.6. The van der Waals surface area contributed by atoms with Crippen molar-refractivity contribution in [3.05, 3.63) is 41.7 Å². The van der Waals surface area contributed by atoms with Crippen LogP contribution < -0.4 is 10.1 Å². The summed E-state index contributed by atoms with van der Waals surface area (Å²) in [6.07, 6.45) is 3.26. The number of esters is 1. The van der Waals surface area contributed by atoms with E-state index in [9.17, 15) is 14.0 Å². The van der Waals surface area contributed by atoms with Crippen LogP contribution in [-0.4, -0.2) is 32.1 Å². The van der Waals surface area contributed by atoms with Gasteiger partial charge in [0.05, 0.1) is 13.0 Å². The Labute approximate surface area is 121 Å². The molecule has 2 rings (SSSR count). The number of rotatable bonds is 4. The van der Waals surface area contributed by atoms with Crippen molar-refractivity contribution in [3.63, 3.8) is 0 Å². The SMILES string of the molecule is COC(=O)/C=C/CNC(=O)C1COc2cc(F)ccc2C1. The smallest absolute Gasteiger partial charge is 0.330 e. The van der Waals surface area contributed by atoms with Gasteiger partial charge in [0.1, 0.15) is 18.2 Å². The van der Waals surface area contributed by atoms with E-state index in [-0.39, 0.29) is 30.8 Å². The third-order valence-corrected chi connectivity index (χ3v) is 3.16. The van der Waals surface area contributed by atoms with Gasteiger partial charge in [-0.2, -0.15) is 0 Å². The molecule has 1 amide bonds. The molecule has 0 bridgehead atoms. The van der Waals surface area contributed by atoms with Crippen molar-refractivity contribution in [2.75, 3.05) is 20.3 Å². The van der Waals surface area contributed by atoms with Gasteiger partial charge < -0.3 is 14.8 Å². The Kier molecular flexibility index (Phi) is 4.92. The van der Waals surface area contributed by atoms with Crippen LogP contribution in [0.2, 0.25) is 0 Å². The highest BCUT2D eigenvalue weighted by Crippen LogP contribution is 2.27. The molecule has 0 radical (unpaired) electrons. The van der Waals surface area contributed by atoms with Crippen molar-refractivity contribution in [2.45, 2.75) is 6.42 Å². The van der Waals surface area contributed by atoms with Crippen LogP contribution in [0.25, 0.3) is 0 Å². The van der Waals surface area contributed by atoms with Crippen LogP contribution in [-0.2, 0) is 20.7 Å². The molecule has 1 aromatic carbocycles. The average molecular weight is 293 g/mol. The van der Waals surface area contributed by atoms with Crippen molar-refractivity contribution in [1.82, 2.24) is 5.32 Å². The van der Waals surface area contributed by atoms with Gasteiger partial charge in [0.25, 0.3) is 0 Å². The summed E-state index contributed by atoms with van der Waals surface area (Å²) >= 11 is 0. The first-order chi connectivity index (χ1) is 10.1. The van der Waals surface area contributed by atoms with Crippen molar-refractivity contribution < 1.29 is 23.5 Å². The van der Waals surface area contributed by atoms with Gasteiger partial charge in [-0.3, -0.25) is 4.79 Å². The minimum absolute atomic E-state index is 0.167. The fraction of sp³-hybridized carbons (Fsp3) is 0.333. The van der Waals surface area contributed by atoms with Crippen LogP contribution in [0.15, 0.2) is 30.4 Å². The number of halogens is 1. The Hall–Kier alpha value is -2.37. The lowest BCUT2D eigenvalue weighted by Crippen LogP contribution is -2.37. The number of benzene rings is 1. The first-order valence-electron chi connectivity index (χ1n) is 6.53. The van der Waals surface area contributed by atoms with Gasteiger partial charge >= 0.3 is 5.97 Å². The second-order valence-electron chi connectivity index (χ2n) is 4.63. The summed E-state index contributed by atoms with van der Waals surface area (Å²) in [6, 6.07) is 4.30. The van der Waals surface area contributed by atoms with E-state index >= 15 is 0 Å². The predicted octanol–water partition coefficient (Wildman–Crippen LogP) is 1.22. The molecule has 0 aliphatic carbocycles. The summed E-state index contributed by atoms with van der Waals surface area (Å²) in [6.45, 7) is 0.448. The Morgan fingerprint density at radius 2 is 2.33 bits per heavy atom. The number of hydrogen-bond donors (Lipinski definition) is 1. The molecule has 1 heterocycles. The van der Waals surface area contributed by atoms with E-state index in [4.69, 9.17) is 4.74 Å². The number of nitrogens with one attached hydrogen (secondary N) is 1. The maximum atomic E-state index is 13.0. The van der Waals surface area contributed by atoms with Gasteiger partial charge in [0.15, 0.2) is 0 Å². The second-order valence-corrected chi connectivity index (χ2v) is 4.63. The van der Waals surface area contributed by atoms with Crippen LogP contribution in [0.4, 0.5) is 4.39 Å². The first-order valence-corrected chi connectivity index (χ1v) is 6.53. The third-order valence-electron chi connectivity index (χ3n) is 3.16. The molecule has 0 spiro atoms. The number of hydrogen-bond acceptors (Lipinski definition) is 4. The fourth-order valence-corrected chi connectivity index (χ4v) is 2.04. The van der Waals surface area contributed by atoms with Crippen LogP contribution >= 0.6 is 0 Å². The van der Waals surface area contributed by atoms with Gasteiger partial charge in [-0.1, -0.05) is 12.1 Å². The van der Waals surface area contributed by atoms with Crippen LogP contribution in [0, 0.1) is 11.7 Å². The minimum Gasteiger partial charge on any atom is -0.492 e. The summed E-state index contributed by atoms with van der Waals surface area (Å²) in [7, 11) is 1.28. The van der Waals surface area contributed by atoms with Gasteiger partial charge in [-0.05, 0) is 18.1 Å². The van der Waals surface area contributed by atoms with Crippen molar-refractivity contribution in [1.29, 1.82) is 0 Å². The molecule has 5 nitrogen and oxygen atoms in total. The first kappa shape index (κ1) is 15.0. The molecule has 0 saturated carbocycles. The summed E-state index contributed by atoms with van der Waals surface area (Å²) in [5, 5.41) is 2.69. The molecule has 0 aromatic heterocycles. The molecular formula is C15H16FNO4. The van der Waals surface area contributed by atoms with Crippen molar-refractivity contribution >= 4 is 11.9 Å². The quantitative estimate of drug-likeness (QED) is 0.670. The van der Waals surface area contributed by atoms with Crippen LogP contribution in [0.1, 0.15) is 5.56 Å². The molecule has 112 valence electrons. The van der Waals surface area contributed by atoms with Gasteiger partial charge in [0, 0.05) is 18.7 Å². The molecule has 1 N–H and O–H groups in total. The average Bonchev–Trinajstić information content (AvgIpc) is 2.50. The molecule has 0 fully saturated rings. The molecule has 1 aliphatic rings. The lowest BCUT2D eigenvalue weighted by Gasteiger charge is -2.24. The zero-order valence-electron chi connectivity index (χ0n) is 11.6. The number of ether oxygens (including phenoxy) is 2. The number of fused-ring (bicyclic) bond motifs is 1. The summed E-state index contributed by atoms with van der Waals surface area (Å²) < 4.78 is 22.9. The second kappa shape index (κ2) is 6.88. The molecule has 6 heteroatoms. The molecule has 1 aromatic rings. The number of amides is 1. The topological polar surface area (TPSA) is 64.6 Å². The summed E-state index contributed by atoms with van der Waals surface area (Å²) in [5.41, 5.74) is 0.813. The standard InChI is InChI=1S/C15H16FNO4/c1-20-14(18)3-2-6-17-15(19)11-7-10-4-5-12(16)8-13(10)21-9-11/h2-5,8,11H,6-7,9H2,1H3,(H,17,19)/b3-2+. The van der Waals surface area contributed by atoms with Crippen LogP contribution in [0.3, 0.4) is 0 Å². The van der Waals surface area contributed by atoms with Crippen LogP contribution in [0.5, 0.6) is 5.75 Å². The summed E-state index contributed by atoms with van der Waals surface area (Å²) in [4.78, 5) is 22.8. The van der Waals surface area contributed by atoms with Gasteiger partial charge in [0.2, 0.25) is 5.91 Å². The number of carbonyl (C=O) groups is 2. The molecule has 21 heavy (non-hydrogen) atoms. The Bertz CT molecular complexity index is 571. The van der Waals surface area contributed by atoms with Gasteiger partial charge in [-0.25, -0.2) is 9.18 Å². The monoisotopic (exact) mass is 293 g/mol. The maximum absolute atomic E-state index is 13.0. The fourth-order valence-electron chi connectivity index (χ4n) is 2.04. The minimum atomic E-state index is -0.471. The Morgan fingerprint density at radius 1 is 1.52 bits per heavy atom. The van der Waals surface area contributed by atoms with E-state index in [1.54, 1.807) is 6.07 Å². The van der Waals surface area contributed by atoms with E-state index in [1.807, 2.05) is 0 Å². The highest BCUT2D eigenvalue weighted by molar-refractivity contribution is 5.82. The highest BCUT2D eigenvalue weighted by Gasteiger charge is 2.25. The van der Waals surface area contributed by atoms with E-state index in [1.165, 1.54) is 31.4 Å². The van der Waals surface area contributed by atoms with Gasteiger partial charge in [-0.15, -0.1) is 0 Å². The number of carbonyl (C=O) groups excluding carboxylic acids is 2. The van der Waals surface area contributed by atoms with Crippen molar-refractivity contribution in [2.24, 2.45) is 5.92 Å². The zero-order chi connectivity index (χ0) is 15.2. The van der Waals surface area contributed by atoms with E-state index in [0.717, 1.165) is 5.56 Å². The van der Waals surface area contributed by atoms with Crippen molar-refractivity contribution in [3.8, 4) is 5.75 Å². The molecular weight excluding hydrogens is 277 g/mol. The lowest BCUT2D eigenvalue weighted by atomic mass is 9.96. The molecule has 0 saturated heterocycles. The predicted molar refractivity (Wildman–Crippen MR) is 73.3 cm³/mol. The van der Waals surface area contributed by atoms with E-state index in [0.29, 0.717) is 12.2 Å². The molecule has 1 aliphatic heterocycles. The van der Waals surface area contributed by atoms with E-state index in [2.05, 4.69) is 10.1 Å². The maximum Gasteiger partial charge on any atom is 0.330 e. The normalized spacial score (nSPS) is 17.0.